The number of rotatable bonds is 8. The van der Waals surface area contributed by atoms with Crippen molar-refractivity contribution in [3.8, 4) is 6.07 Å². The number of hydrogen-bond donors (Lipinski definition) is 0. The molecular weight excluding hydrogens is 542 g/mol. The summed E-state index contributed by atoms with van der Waals surface area (Å²) in [7, 11) is 0. The maximum Gasteiger partial charge on any atom is 0.270 e. The van der Waals surface area contributed by atoms with E-state index in [1.165, 1.54) is 22.2 Å². The van der Waals surface area contributed by atoms with Crippen LogP contribution in [0.25, 0.3) is 6.08 Å². The molecule has 5 rings (SSSR count). The van der Waals surface area contributed by atoms with Crippen LogP contribution in [0.5, 0.6) is 0 Å². The fourth-order valence-corrected chi connectivity index (χ4v) is 6.44. The van der Waals surface area contributed by atoms with Crippen LogP contribution < -0.4 is 10.5 Å². The molecular formula is C30H31N5O3S2. The first-order valence-corrected chi connectivity index (χ1v) is 14.6. The Bertz CT molecular complexity index is 1530. The smallest absolute Gasteiger partial charge is 0.270 e. The number of thioether (sulfide) groups is 1. The minimum atomic E-state index is -0.286. The first-order valence-electron chi connectivity index (χ1n) is 13.4. The Morgan fingerprint density at radius 2 is 1.82 bits per heavy atom. The lowest BCUT2D eigenvalue weighted by molar-refractivity contribution is -0.122. The van der Waals surface area contributed by atoms with E-state index in [2.05, 4.69) is 40.1 Å². The summed E-state index contributed by atoms with van der Waals surface area (Å²) in [5.41, 5.74) is 2.39. The van der Waals surface area contributed by atoms with Gasteiger partial charge in [-0.2, -0.15) is 5.26 Å². The lowest BCUT2D eigenvalue weighted by atomic mass is 10.0. The zero-order chi connectivity index (χ0) is 28.2. The Morgan fingerprint density at radius 3 is 2.48 bits per heavy atom. The molecule has 0 unspecified atom stereocenters. The quantitative estimate of drug-likeness (QED) is 0.282. The SMILES string of the molecule is CCCn1c(N2CCN(Cc3ccccc3)CC2)c(/C=C2\SC(=S)N(Cc3ccco3)C2=O)c(C)c(C#N)c1=O. The van der Waals surface area contributed by atoms with Gasteiger partial charge in [-0.3, -0.25) is 24.0 Å². The molecule has 1 amide bonds. The number of nitrogens with zero attached hydrogens (tertiary/aromatic N) is 5. The second-order valence-electron chi connectivity index (χ2n) is 9.90. The normalized spacial score (nSPS) is 17.2. The Morgan fingerprint density at radius 1 is 1.07 bits per heavy atom. The van der Waals surface area contributed by atoms with Gasteiger partial charge in [0.05, 0.1) is 17.7 Å². The summed E-state index contributed by atoms with van der Waals surface area (Å²) in [4.78, 5) is 33.6. The molecule has 0 radical (unpaired) electrons. The van der Waals surface area contributed by atoms with Crippen molar-refractivity contribution in [3.05, 3.63) is 92.0 Å². The van der Waals surface area contributed by atoms with E-state index in [0.29, 0.717) is 27.1 Å². The minimum absolute atomic E-state index is 0.109. The van der Waals surface area contributed by atoms with Gasteiger partial charge in [-0.15, -0.1) is 0 Å². The van der Waals surface area contributed by atoms with E-state index in [1.54, 1.807) is 23.8 Å². The molecule has 0 atom stereocenters. The molecule has 2 aromatic heterocycles. The zero-order valence-electron chi connectivity index (χ0n) is 22.6. The number of benzene rings is 1. The summed E-state index contributed by atoms with van der Waals surface area (Å²) >= 11 is 6.77. The third-order valence-electron chi connectivity index (χ3n) is 7.26. The summed E-state index contributed by atoms with van der Waals surface area (Å²) in [6.45, 7) is 8.52. The summed E-state index contributed by atoms with van der Waals surface area (Å²) in [6, 6.07) is 16.1. The second-order valence-corrected chi connectivity index (χ2v) is 11.6. The van der Waals surface area contributed by atoms with Gasteiger partial charge in [-0.1, -0.05) is 61.2 Å². The number of thiocarbonyl (C=S) groups is 1. The fraction of sp³-hybridized carbons (Fsp3) is 0.333. The van der Waals surface area contributed by atoms with Crippen LogP contribution in [0.3, 0.4) is 0 Å². The summed E-state index contributed by atoms with van der Waals surface area (Å²) in [6.07, 6.45) is 4.12. The van der Waals surface area contributed by atoms with Crippen molar-refractivity contribution in [2.75, 3.05) is 31.1 Å². The molecule has 10 heteroatoms. The number of nitriles is 1. The molecule has 0 aliphatic carbocycles. The number of carbonyl (C=O) groups is 1. The molecule has 40 heavy (non-hydrogen) atoms. The standard InChI is InChI=1S/C30H31N5O3S2/c1-3-11-34-27(33-14-12-32(13-15-33)19-22-8-5-4-6-9-22)24(21(2)25(18-31)28(34)36)17-26-29(37)35(30(39)40-26)20-23-10-7-16-38-23/h4-10,16-17H,3,11-15,19-20H2,1-2H3/b26-17-. The monoisotopic (exact) mass is 573 g/mol. The van der Waals surface area contributed by atoms with Crippen molar-refractivity contribution in [2.45, 2.75) is 39.9 Å². The highest BCUT2D eigenvalue weighted by Crippen LogP contribution is 2.37. The number of furan rings is 1. The predicted octanol–water partition coefficient (Wildman–Crippen LogP) is 4.76. The number of anilines is 1. The van der Waals surface area contributed by atoms with Crippen molar-refractivity contribution in [1.82, 2.24) is 14.4 Å². The predicted molar refractivity (Wildman–Crippen MR) is 162 cm³/mol. The molecule has 3 aromatic rings. The summed E-state index contributed by atoms with van der Waals surface area (Å²) in [5.74, 6) is 1.20. The van der Waals surface area contributed by atoms with Crippen LogP contribution in [0.1, 0.15) is 41.4 Å². The van der Waals surface area contributed by atoms with Crippen molar-refractivity contribution < 1.29 is 9.21 Å². The fourth-order valence-electron chi connectivity index (χ4n) is 5.20. The van der Waals surface area contributed by atoms with Gasteiger partial charge < -0.3 is 9.32 Å². The van der Waals surface area contributed by atoms with Gasteiger partial charge >= 0.3 is 0 Å². The molecule has 2 fully saturated rings. The molecule has 0 N–H and O–H groups in total. The third-order valence-corrected chi connectivity index (χ3v) is 8.64. The van der Waals surface area contributed by atoms with Crippen molar-refractivity contribution in [2.24, 2.45) is 0 Å². The van der Waals surface area contributed by atoms with E-state index < -0.39 is 0 Å². The van der Waals surface area contributed by atoms with Gasteiger partial charge in [0.1, 0.15) is 27.5 Å². The number of piperazine rings is 1. The maximum atomic E-state index is 13.5. The van der Waals surface area contributed by atoms with Crippen LogP contribution >= 0.6 is 24.0 Å². The first kappa shape index (κ1) is 27.9. The Labute approximate surface area is 243 Å². The Kier molecular flexibility index (Phi) is 8.54. The third kappa shape index (κ3) is 5.63. The van der Waals surface area contributed by atoms with E-state index in [9.17, 15) is 14.9 Å². The van der Waals surface area contributed by atoms with Gasteiger partial charge in [0.25, 0.3) is 11.5 Å². The van der Waals surface area contributed by atoms with Crippen LogP contribution in [-0.4, -0.2) is 50.8 Å². The van der Waals surface area contributed by atoms with Crippen molar-refractivity contribution in [3.63, 3.8) is 0 Å². The highest BCUT2D eigenvalue weighted by atomic mass is 32.2. The average molecular weight is 574 g/mol. The molecule has 206 valence electrons. The summed E-state index contributed by atoms with van der Waals surface area (Å²) < 4.78 is 7.59. The molecule has 2 saturated heterocycles. The average Bonchev–Trinajstić information content (AvgIpc) is 3.57. The molecule has 4 heterocycles. The van der Waals surface area contributed by atoms with E-state index >= 15 is 0 Å². The van der Waals surface area contributed by atoms with Crippen molar-refractivity contribution in [1.29, 1.82) is 5.26 Å². The maximum absolute atomic E-state index is 13.5. The van der Waals surface area contributed by atoms with Crippen LogP contribution in [-0.2, 0) is 24.4 Å². The molecule has 2 aliphatic rings. The number of pyridine rings is 1. The Balaban J connectivity index is 1.50. The summed E-state index contributed by atoms with van der Waals surface area (Å²) in [5, 5.41) is 9.92. The molecule has 8 nitrogen and oxygen atoms in total. The first-order chi connectivity index (χ1) is 19.4. The van der Waals surface area contributed by atoms with E-state index in [1.807, 2.05) is 25.1 Å². The lowest BCUT2D eigenvalue weighted by Crippen LogP contribution is -2.48. The second kappa shape index (κ2) is 12.3. The largest absolute Gasteiger partial charge is 0.467 e. The number of aromatic nitrogens is 1. The molecule has 0 spiro atoms. The van der Waals surface area contributed by atoms with Gasteiger partial charge in [0.15, 0.2) is 0 Å². The number of carbonyl (C=O) groups excluding carboxylic acids is 1. The van der Waals surface area contributed by atoms with Crippen LogP contribution in [0.4, 0.5) is 5.82 Å². The minimum Gasteiger partial charge on any atom is -0.467 e. The molecule has 1 aromatic carbocycles. The molecule has 2 aliphatic heterocycles. The van der Waals surface area contributed by atoms with E-state index in [4.69, 9.17) is 16.6 Å². The number of amides is 1. The van der Waals surface area contributed by atoms with E-state index in [0.717, 1.165) is 50.5 Å². The van der Waals surface area contributed by atoms with Crippen molar-refractivity contribution >= 4 is 46.1 Å². The van der Waals surface area contributed by atoms with Gasteiger partial charge in [0, 0.05) is 44.8 Å². The topological polar surface area (TPSA) is 85.7 Å². The number of hydrogen-bond acceptors (Lipinski definition) is 8. The highest BCUT2D eigenvalue weighted by molar-refractivity contribution is 8.26. The van der Waals surface area contributed by atoms with Gasteiger partial charge in [-0.25, -0.2) is 0 Å². The van der Waals surface area contributed by atoms with E-state index in [-0.39, 0.29) is 23.6 Å². The highest BCUT2D eigenvalue weighted by Gasteiger charge is 2.34. The van der Waals surface area contributed by atoms with Crippen LogP contribution in [0, 0.1) is 18.3 Å². The lowest BCUT2D eigenvalue weighted by Gasteiger charge is -2.38. The van der Waals surface area contributed by atoms with Gasteiger partial charge in [-0.05, 0) is 42.7 Å². The van der Waals surface area contributed by atoms with Gasteiger partial charge in [0.2, 0.25) is 0 Å². The van der Waals surface area contributed by atoms with Crippen LogP contribution in [0.15, 0.2) is 62.8 Å². The Hall–Kier alpha value is -3.65. The zero-order valence-corrected chi connectivity index (χ0v) is 24.3. The molecule has 0 saturated carbocycles. The van der Waals surface area contributed by atoms with Crippen LogP contribution in [0.2, 0.25) is 0 Å². The molecule has 0 bridgehead atoms.